The molecule has 0 spiro atoms. The maximum atomic E-state index is 12.0. The maximum Gasteiger partial charge on any atom is 0.492 e. The summed E-state index contributed by atoms with van der Waals surface area (Å²) < 4.78 is 17.0. The van der Waals surface area contributed by atoms with Crippen LogP contribution in [0.15, 0.2) is 23.9 Å². The number of carbonyl (C=O) groups excluding carboxylic acids is 2. The van der Waals surface area contributed by atoms with Gasteiger partial charge in [-0.1, -0.05) is 6.08 Å². The fourth-order valence-electron chi connectivity index (χ4n) is 2.44. The highest BCUT2D eigenvalue weighted by atomic mass is 16.7. The molecule has 1 saturated heterocycles. The predicted molar refractivity (Wildman–Crippen MR) is 98.3 cm³/mol. The Bertz CT molecular complexity index is 714. The van der Waals surface area contributed by atoms with Crippen LogP contribution in [0.25, 0.3) is 6.08 Å². The van der Waals surface area contributed by atoms with Gasteiger partial charge >= 0.3 is 13.1 Å². The Balaban J connectivity index is 2.42. The highest BCUT2D eigenvalue weighted by Crippen LogP contribution is 2.38. The zero-order valence-corrected chi connectivity index (χ0v) is 16.1. The first-order chi connectivity index (χ1) is 12.1. The Morgan fingerprint density at radius 2 is 1.88 bits per heavy atom. The summed E-state index contributed by atoms with van der Waals surface area (Å²) in [5.74, 6) is -0.641. The summed E-state index contributed by atoms with van der Waals surface area (Å²) in [5.41, 5.74) is 0.575. The van der Waals surface area contributed by atoms with Gasteiger partial charge in [-0.05, 0) is 39.2 Å². The summed E-state index contributed by atoms with van der Waals surface area (Å²) in [6, 6.07) is 1.58. The van der Waals surface area contributed by atoms with Crippen molar-refractivity contribution in [2.45, 2.75) is 45.8 Å². The molecule has 0 unspecified atom stereocenters. The third-order valence-electron chi connectivity index (χ3n) is 4.70. The van der Waals surface area contributed by atoms with E-state index >= 15 is 0 Å². The zero-order valence-electron chi connectivity index (χ0n) is 16.1. The quantitative estimate of drug-likeness (QED) is 0.639. The molecule has 1 aliphatic rings. The van der Waals surface area contributed by atoms with E-state index in [9.17, 15) is 9.59 Å². The van der Waals surface area contributed by atoms with Crippen LogP contribution in [0.2, 0.25) is 0 Å². The van der Waals surface area contributed by atoms with Crippen molar-refractivity contribution in [3.8, 4) is 0 Å². The number of aromatic nitrogens is 1. The summed E-state index contributed by atoms with van der Waals surface area (Å²) in [4.78, 5) is 27.5. The van der Waals surface area contributed by atoms with E-state index in [0.29, 0.717) is 16.6 Å². The number of esters is 1. The van der Waals surface area contributed by atoms with Crippen molar-refractivity contribution in [1.82, 2.24) is 10.3 Å². The number of hydrogen-bond acceptors (Lipinski definition) is 6. The zero-order chi connectivity index (χ0) is 19.5. The van der Waals surface area contributed by atoms with Gasteiger partial charge in [-0.15, -0.1) is 0 Å². The number of carbonyl (C=O) groups is 2. The number of rotatable bonds is 5. The number of amides is 1. The molecule has 2 rings (SSSR count). The Morgan fingerprint density at radius 3 is 2.42 bits per heavy atom. The number of pyridine rings is 1. The van der Waals surface area contributed by atoms with E-state index in [1.54, 1.807) is 18.3 Å². The number of ether oxygens (including phenoxy) is 1. The predicted octanol–water partition coefficient (Wildman–Crippen LogP) is 2.02. The molecule has 0 radical (unpaired) electrons. The van der Waals surface area contributed by atoms with Gasteiger partial charge in [-0.25, -0.2) is 4.79 Å². The minimum Gasteiger partial charge on any atom is -0.465 e. The molecule has 26 heavy (non-hydrogen) atoms. The minimum absolute atomic E-state index is 0.174. The molecule has 1 amide bonds. The van der Waals surface area contributed by atoms with E-state index in [1.165, 1.54) is 20.2 Å². The van der Waals surface area contributed by atoms with Crippen LogP contribution >= 0.6 is 0 Å². The van der Waals surface area contributed by atoms with Crippen molar-refractivity contribution in [2.75, 3.05) is 13.7 Å². The second-order valence-corrected chi connectivity index (χ2v) is 7.17. The van der Waals surface area contributed by atoms with Crippen LogP contribution in [-0.2, 0) is 18.8 Å². The molecule has 0 aliphatic carbocycles. The van der Waals surface area contributed by atoms with Crippen molar-refractivity contribution in [2.24, 2.45) is 0 Å². The van der Waals surface area contributed by atoms with Gasteiger partial charge in [0.15, 0.2) is 0 Å². The second kappa shape index (κ2) is 7.59. The molecule has 0 atom stereocenters. The molecular formula is C18H25BN2O5. The topological polar surface area (TPSA) is 86.8 Å². The summed E-state index contributed by atoms with van der Waals surface area (Å²) in [6.07, 6.45) is 4.83. The monoisotopic (exact) mass is 360 g/mol. The Labute approximate surface area is 154 Å². The summed E-state index contributed by atoms with van der Waals surface area (Å²) in [5, 5.41) is 2.76. The van der Waals surface area contributed by atoms with Crippen molar-refractivity contribution in [1.29, 1.82) is 0 Å². The third-order valence-corrected chi connectivity index (χ3v) is 4.70. The molecule has 1 aliphatic heterocycles. The first-order valence-electron chi connectivity index (χ1n) is 8.40. The van der Waals surface area contributed by atoms with Gasteiger partial charge in [0.25, 0.3) is 0 Å². The molecular weight excluding hydrogens is 335 g/mol. The minimum atomic E-state index is -0.655. The lowest BCUT2D eigenvalue weighted by Gasteiger charge is -2.32. The van der Waals surface area contributed by atoms with E-state index in [2.05, 4.69) is 10.3 Å². The Hall–Kier alpha value is -2.19. The lowest BCUT2D eigenvalue weighted by atomic mass is 9.76. The van der Waals surface area contributed by atoms with Gasteiger partial charge in [-0.2, -0.15) is 0 Å². The molecule has 1 fully saturated rings. The smallest absolute Gasteiger partial charge is 0.465 e. The van der Waals surface area contributed by atoms with Crippen LogP contribution in [0.4, 0.5) is 0 Å². The van der Waals surface area contributed by atoms with Crippen molar-refractivity contribution in [3.05, 3.63) is 35.1 Å². The van der Waals surface area contributed by atoms with E-state index in [0.717, 1.165) is 0 Å². The molecule has 2 heterocycles. The van der Waals surface area contributed by atoms with Crippen LogP contribution in [0.3, 0.4) is 0 Å². The standard InChI is InChI=1S/C18H25BN2O5/c1-12(22)21-11-14(19-25-17(2,3)18(4,5)26-19)9-13-10-20-8-7-15(13)16(23)24-6/h7-10H,11H2,1-6H3,(H,21,22). The van der Waals surface area contributed by atoms with Crippen molar-refractivity contribution in [3.63, 3.8) is 0 Å². The number of hydrogen-bond donors (Lipinski definition) is 1. The molecule has 0 aromatic carbocycles. The van der Waals surface area contributed by atoms with Gasteiger partial charge in [0.05, 0.1) is 23.9 Å². The van der Waals surface area contributed by atoms with Crippen LogP contribution in [0.1, 0.15) is 50.5 Å². The Morgan fingerprint density at radius 1 is 1.27 bits per heavy atom. The van der Waals surface area contributed by atoms with E-state index in [4.69, 9.17) is 14.0 Å². The van der Waals surface area contributed by atoms with Gasteiger partial charge < -0.3 is 19.4 Å². The SMILES string of the molecule is COC(=O)c1ccncc1C=C(CNC(C)=O)B1OC(C)(C)C(C)(C)O1. The number of nitrogens with one attached hydrogen (secondary N) is 1. The molecule has 1 aromatic heterocycles. The van der Waals surface area contributed by atoms with Crippen LogP contribution in [0, 0.1) is 0 Å². The van der Waals surface area contributed by atoms with Crippen LogP contribution in [-0.4, -0.2) is 48.8 Å². The average Bonchev–Trinajstić information content (AvgIpc) is 2.78. The first kappa shape index (κ1) is 20.1. The second-order valence-electron chi connectivity index (χ2n) is 7.17. The fraction of sp³-hybridized carbons (Fsp3) is 0.500. The van der Waals surface area contributed by atoms with E-state index in [1.807, 2.05) is 27.7 Å². The highest BCUT2D eigenvalue weighted by Gasteiger charge is 2.52. The van der Waals surface area contributed by atoms with Gasteiger partial charge in [0, 0.05) is 31.4 Å². The van der Waals surface area contributed by atoms with E-state index < -0.39 is 24.3 Å². The van der Waals surface area contributed by atoms with Crippen LogP contribution < -0.4 is 5.32 Å². The molecule has 7 nitrogen and oxygen atoms in total. The fourth-order valence-corrected chi connectivity index (χ4v) is 2.44. The van der Waals surface area contributed by atoms with Gasteiger partial charge in [0.1, 0.15) is 0 Å². The summed E-state index contributed by atoms with van der Waals surface area (Å²) in [7, 11) is 0.667. The normalized spacial score (nSPS) is 18.5. The molecule has 0 saturated carbocycles. The van der Waals surface area contributed by atoms with Crippen molar-refractivity contribution >= 4 is 25.1 Å². The number of nitrogens with zero attached hydrogens (tertiary/aromatic N) is 1. The average molecular weight is 360 g/mol. The molecule has 1 aromatic rings. The lowest BCUT2D eigenvalue weighted by Crippen LogP contribution is -2.41. The summed E-state index contributed by atoms with van der Waals surface area (Å²) >= 11 is 0. The van der Waals surface area contributed by atoms with Gasteiger partial charge in [0.2, 0.25) is 5.91 Å². The van der Waals surface area contributed by atoms with E-state index in [-0.39, 0.29) is 12.5 Å². The summed E-state index contributed by atoms with van der Waals surface area (Å²) in [6.45, 7) is 9.47. The molecule has 8 heteroatoms. The Kier molecular flexibility index (Phi) is 5.88. The largest absolute Gasteiger partial charge is 0.492 e. The third kappa shape index (κ3) is 4.31. The maximum absolute atomic E-state index is 12.0. The van der Waals surface area contributed by atoms with Crippen molar-refractivity contribution < 1.29 is 23.6 Å². The first-order valence-corrected chi connectivity index (χ1v) is 8.40. The molecule has 1 N–H and O–H groups in total. The molecule has 0 bridgehead atoms. The van der Waals surface area contributed by atoms with Crippen LogP contribution in [0.5, 0.6) is 0 Å². The molecule has 140 valence electrons. The van der Waals surface area contributed by atoms with Gasteiger partial charge in [-0.3, -0.25) is 9.78 Å². The lowest BCUT2D eigenvalue weighted by molar-refractivity contribution is -0.118. The highest BCUT2D eigenvalue weighted by molar-refractivity contribution is 6.56. The number of methoxy groups -OCH3 is 1.